The van der Waals surface area contributed by atoms with Gasteiger partial charge in [-0.05, 0) is 54.5 Å². The smallest absolute Gasteiger partial charge is 0.203 e. The molecule has 154 valence electrons. The van der Waals surface area contributed by atoms with Crippen molar-refractivity contribution in [3.63, 3.8) is 0 Å². The molecule has 3 rings (SSSR count). The van der Waals surface area contributed by atoms with Crippen LogP contribution in [0.2, 0.25) is 0 Å². The van der Waals surface area contributed by atoms with E-state index < -0.39 is 0 Å². The van der Waals surface area contributed by atoms with Crippen molar-refractivity contribution in [3.8, 4) is 28.7 Å². The molecule has 1 N–H and O–H groups in total. The fourth-order valence-corrected chi connectivity index (χ4v) is 3.29. The number of methoxy groups -OCH3 is 2. The van der Waals surface area contributed by atoms with Gasteiger partial charge in [-0.25, -0.2) is 0 Å². The largest absolute Gasteiger partial charge is 0.504 e. The summed E-state index contributed by atoms with van der Waals surface area (Å²) in [5.74, 6) is 2.43. The maximum absolute atomic E-state index is 10.5. The number of rotatable bonds is 9. The molecule has 29 heavy (non-hydrogen) atoms. The minimum absolute atomic E-state index is 0.108. The lowest BCUT2D eigenvalue weighted by Crippen LogP contribution is -2.02. The number of phenolic OH excluding ortho intramolecular Hbond substituents is 1. The van der Waals surface area contributed by atoms with Crippen LogP contribution >= 0.6 is 0 Å². The van der Waals surface area contributed by atoms with Crippen molar-refractivity contribution in [2.75, 3.05) is 27.4 Å². The van der Waals surface area contributed by atoms with E-state index in [1.807, 2.05) is 38.2 Å². The van der Waals surface area contributed by atoms with Gasteiger partial charge < -0.3 is 24.1 Å². The van der Waals surface area contributed by atoms with Gasteiger partial charge in [0.05, 0.1) is 27.4 Å². The third kappa shape index (κ3) is 4.31. The van der Waals surface area contributed by atoms with Crippen LogP contribution in [0, 0.1) is 0 Å². The summed E-state index contributed by atoms with van der Waals surface area (Å²) in [6, 6.07) is 7.62. The lowest BCUT2D eigenvalue weighted by molar-refractivity contribution is 0.274. The SMILES string of the molecule is CCCOc1c(OC)cc(Cc2cncc3c(O)c(OCC)ccc23)cc1OC. The van der Waals surface area contributed by atoms with Crippen LogP contribution in [0.3, 0.4) is 0 Å². The lowest BCUT2D eigenvalue weighted by atomic mass is 9.99. The molecule has 6 heteroatoms. The van der Waals surface area contributed by atoms with Crippen LogP contribution < -0.4 is 18.9 Å². The van der Waals surface area contributed by atoms with Crippen LogP contribution in [-0.2, 0) is 6.42 Å². The highest BCUT2D eigenvalue weighted by Crippen LogP contribution is 2.40. The maximum atomic E-state index is 10.5. The molecule has 0 bridgehead atoms. The highest BCUT2D eigenvalue weighted by molar-refractivity contribution is 5.92. The summed E-state index contributed by atoms with van der Waals surface area (Å²) in [6.07, 6.45) is 4.95. The first-order chi connectivity index (χ1) is 14.1. The molecule has 0 amide bonds. The van der Waals surface area contributed by atoms with Crippen LogP contribution in [0.5, 0.6) is 28.7 Å². The molecule has 0 atom stereocenters. The highest BCUT2D eigenvalue weighted by atomic mass is 16.5. The van der Waals surface area contributed by atoms with Crippen LogP contribution in [0.25, 0.3) is 10.8 Å². The number of aromatic nitrogens is 1. The van der Waals surface area contributed by atoms with E-state index in [-0.39, 0.29) is 5.75 Å². The van der Waals surface area contributed by atoms with Crippen molar-refractivity contribution < 1.29 is 24.1 Å². The zero-order valence-electron chi connectivity index (χ0n) is 17.3. The van der Waals surface area contributed by atoms with Crippen molar-refractivity contribution in [2.24, 2.45) is 0 Å². The highest BCUT2D eigenvalue weighted by Gasteiger charge is 2.16. The molecule has 0 aliphatic rings. The van der Waals surface area contributed by atoms with Crippen LogP contribution in [0.15, 0.2) is 36.7 Å². The standard InChI is InChI=1S/C23H27NO5/c1-5-9-29-23-20(26-3)11-15(12-21(23)27-4)10-16-13-24-14-18-17(16)7-8-19(22(18)25)28-6-2/h7-8,11-14,25H,5-6,9-10H2,1-4H3. The molecular weight excluding hydrogens is 370 g/mol. The van der Waals surface area contributed by atoms with Gasteiger partial charge in [-0.3, -0.25) is 4.98 Å². The van der Waals surface area contributed by atoms with Gasteiger partial charge in [0.2, 0.25) is 5.75 Å². The van der Waals surface area contributed by atoms with Crippen molar-refractivity contribution in [1.82, 2.24) is 4.98 Å². The average molecular weight is 397 g/mol. The third-order valence-electron chi connectivity index (χ3n) is 4.63. The molecule has 0 aliphatic heterocycles. The van der Waals surface area contributed by atoms with E-state index in [0.29, 0.717) is 48.0 Å². The molecule has 1 aromatic heterocycles. The Bertz CT molecular complexity index is 961. The van der Waals surface area contributed by atoms with E-state index >= 15 is 0 Å². The second-order valence-electron chi connectivity index (χ2n) is 6.59. The van der Waals surface area contributed by atoms with Gasteiger partial charge in [0.1, 0.15) is 0 Å². The van der Waals surface area contributed by atoms with Crippen molar-refractivity contribution in [3.05, 3.63) is 47.8 Å². The van der Waals surface area contributed by atoms with Crippen LogP contribution in [-0.4, -0.2) is 37.5 Å². The van der Waals surface area contributed by atoms with E-state index in [1.54, 1.807) is 26.5 Å². The van der Waals surface area contributed by atoms with Crippen molar-refractivity contribution in [1.29, 1.82) is 0 Å². The normalized spacial score (nSPS) is 10.8. The Balaban J connectivity index is 2.01. The molecule has 3 aromatic rings. The molecule has 0 unspecified atom stereocenters. The van der Waals surface area contributed by atoms with Gasteiger partial charge in [-0.15, -0.1) is 0 Å². The third-order valence-corrected chi connectivity index (χ3v) is 4.63. The maximum Gasteiger partial charge on any atom is 0.203 e. The number of benzene rings is 2. The summed E-state index contributed by atoms with van der Waals surface area (Å²) in [7, 11) is 3.23. The summed E-state index contributed by atoms with van der Waals surface area (Å²) in [5, 5.41) is 12.1. The topological polar surface area (TPSA) is 70.0 Å². The van der Waals surface area contributed by atoms with E-state index in [9.17, 15) is 5.11 Å². The van der Waals surface area contributed by atoms with Gasteiger partial charge in [0, 0.05) is 17.8 Å². The number of phenols is 1. The van der Waals surface area contributed by atoms with Gasteiger partial charge in [0.25, 0.3) is 0 Å². The number of fused-ring (bicyclic) bond motifs is 1. The zero-order valence-corrected chi connectivity index (χ0v) is 17.3. The van der Waals surface area contributed by atoms with Crippen LogP contribution in [0.4, 0.5) is 0 Å². The van der Waals surface area contributed by atoms with Crippen LogP contribution in [0.1, 0.15) is 31.4 Å². The van der Waals surface area contributed by atoms with E-state index in [0.717, 1.165) is 22.9 Å². The number of hydrogen-bond acceptors (Lipinski definition) is 6. The molecule has 6 nitrogen and oxygen atoms in total. The first kappa shape index (κ1) is 20.6. The Kier molecular flexibility index (Phi) is 6.65. The summed E-state index contributed by atoms with van der Waals surface area (Å²) in [5.41, 5.74) is 1.97. The molecule has 0 fully saturated rings. The number of nitrogens with zero attached hydrogens (tertiary/aromatic N) is 1. The summed E-state index contributed by atoms with van der Waals surface area (Å²) < 4.78 is 22.4. The lowest BCUT2D eigenvalue weighted by Gasteiger charge is -2.16. The minimum atomic E-state index is 0.108. The quantitative estimate of drug-likeness (QED) is 0.563. The summed E-state index contributed by atoms with van der Waals surface area (Å²) in [4.78, 5) is 4.31. The summed E-state index contributed by atoms with van der Waals surface area (Å²) in [6.45, 7) is 5.00. The number of hydrogen-bond donors (Lipinski definition) is 1. The Morgan fingerprint density at radius 3 is 2.24 bits per heavy atom. The Labute approximate surface area is 171 Å². The monoisotopic (exact) mass is 397 g/mol. The van der Waals surface area contributed by atoms with E-state index in [4.69, 9.17) is 18.9 Å². The number of aromatic hydroxyl groups is 1. The average Bonchev–Trinajstić information content (AvgIpc) is 2.74. The predicted octanol–water partition coefficient (Wildman–Crippen LogP) is 4.74. The Morgan fingerprint density at radius 1 is 0.897 bits per heavy atom. The van der Waals surface area contributed by atoms with E-state index in [2.05, 4.69) is 4.98 Å². The number of ether oxygens (including phenoxy) is 4. The van der Waals surface area contributed by atoms with Gasteiger partial charge in [-0.1, -0.05) is 13.0 Å². The molecule has 1 heterocycles. The molecule has 0 aliphatic carbocycles. The Morgan fingerprint density at radius 2 is 1.62 bits per heavy atom. The second kappa shape index (κ2) is 9.37. The van der Waals surface area contributed by atoms with Gasteiger partial charge >= 0.3 is 0 Å². The van der Waals surface area contributed by atoms with Gasteiger partial charge in [-0.2, -0.15) is 0 Å². The van der Waals surface area contributed by atoms with E-state index in [1.165, 1.54) is 0 Å². The zero-order chi connectivity index (χ0) is 20.8. The Hall–Kier alpha value is -3.15. The molecular formula is C23H27NO5. The van der Waals surface area contributed by atoms with Crippen molar-refractivity contribution >= 4 is 10.8 Å². The molecule has 0 spiro atoms. The van der Waals surface area contributed by atoms with Gasteiger partial charge in [0.15, 0.2) is 23.0 Å². The first-order valence-corrected chi connectivity index (χ1v) is 9.71. The first-order valence-electron chi connectivity index (χ1n) is 9.71. The fraction of sp³-hybridized carbons (Fsp3) is 0.348. The molecule has 0 radical (unpaired) electrons. The second-order valence-corrected chi connectivity index (χ2v) is 6.59. The summed E-state index contributed by atoms with van der Waals surface area (Å²) >= 11 is 0. The molecule has 2 aromatic carbocycles. The number of pyridine rings is 1. The predicted molar refractivity (Wildman–Crippen MR) is 113 cm³/mol. The fourth-order valence-electron chi connectivity index (χ4n) is 3.29. The van der Waals surface area contributed by atoms with Crippen molar-refractivity contribution in [2.45, 2.75) is 26.7 Å². The minimum Gasteiger partial charge on any atom is -0.504 e. The molecule has 0 saturated carbocycles. The molecule has 0 saturated heterocycles.